The van der Waals surface area contributed by atoms with E-state index >= 15 is 0 Å². The summed E-state index contributed by atoms with van der Waals surface area (Å²) < 4.78 is 5.50. The molecule has 0 saturated heterocycles. The fourth-order valence-electron chi connectivity index (χ4n) is 1.76. The highest BCUT2D eigenvalue weighted by Gasteiger charge is 2.34. The Kier molecular flexibility index (Phi) is 2.99. The molecular formula is C12H16N2O2. The van der Waals surface area contributed by atoms with Gasteiger partial charge in [0.2, 0.25) is 0 Å². The second-order valence-electron chi connectivity index (χ2n) is 3.84. The first kappa shape index (κ1) is 10.8. The third-order valence-corrected chi connectivity index (χ3v) is 2.57. The number of anilines is 1. The summed E-state index contributed by atoms with van der Waals surface area (Å²) >= 11 is 0. The maximum absolute atomic E-state index is 11.4. The zero-order valence-electron chi connectivity index (χ0n) is 9.35. The van der Waals surface area contributed by atoms with Crippen molar-refractivity contribution < 1.29 is 9.53 Å². The lowest BCUT2D eigenvalue weighted by molar-refractivity contribution is 0.253. The van der Waals surface area contributed by atoms with E-state index in [0.29, 0.717) is 6.61 Å². The predicted octanol–water partition coefficient (Wildman–Crippen LogP) is 2.13. The second-order valence-corrected chi connectivity index (χ2v) is 3.84. The molecule has 2 rings (SSSR count). The minimum Gasteiger partial charge on any atom is -0.492 e. The van der Waals surface area contributed by atoms with Crippen molar-refractivity contribution >= 4 is 11.7 Å². The van der Waals surface area contributed by atoms with Crippen LogP contribution in [0.4, 0.5) is 10.5 Å². The SMILES string of the molecule is CCOc1ccccc1N(C(N)=O)C1CC1. The highest BCUT2D eigenvalue weighted by molar-refractivity contribution is 5.93. The Morgan fingerprint density at radius 1 is 1.50 bits per heavy atom. The van der Waals surface area contributed by atoms with Crippen LogP contribution >= 0.6 is 0 Å². The molecule has 86 valence electrons. The maximum Gasteiger partial charge on any atom is 0.319 e. The topological polar surface area (TPSA) is 55.6 Å². The van der Waals surface area contributed by atoms with Crippen LogP contribution in [0.3, 0.4) is 0 Å². The zero-order chi connectivity index (χ0) is 11.5. The van der Waals surface area contributed by atoms with Gasteiger partial charge < -0.3 is 10.5 Å². The molecule has 0 spiro atoms. The normalized spacial score (nSPS) is 14.6. The summed E-state index contributed by atoms with van der Waals surface area (Å²) in [6.07, 6.45) is 2.03. The van der Waals surface area contributed by atoms with Crippen LogP contribution in [0.15, 0.2) is 24.3 Å². The molecule has 1 aliphatic rings. The van der Waals surface area contributed by atoms with Crippen molar-refractivity contribution in [1.82, 2.24) is 0 Å². The minimum atomic E-state index is -0.408. The Balaban J connectivity index is 2.32. The van der Waals surface area contributed by atoms with Gasteiger partial charge in [-0.1, -0.05) is 12.1 Å². The summed E-state index contributed by atoms with van der Waals surface area (Å²) in [5, 5.41) is 0. The summed E-state index contributed by atoms with van der Waals surface area (Å²) in [4.78, 5) is 13.1. The summed E-state index contributed by atoms with van der Waals surface area (Å²) in [5.74, 6) is 0.718. The van der Waals surface area contributed by atoms with Gasteiger partial charge in [-0.05, 0) is 31.9 Å². The zero-order valence-corrected chi connectivity index (χ0v) is 9.35. The lowest BCUT2D eigenvalue weighted by atomic mass is 10.2. The fraction of sp³-hybridized carbons (Fsp3) is 0.417. The van der Waals surface area contributed by atoms with Crippen LogP contribution in [0.2, 0.25) is 0 Å². The number of rotatable bonds is 4. The van der Waals surface area contributed by atoms with Crippen LogP contribution in [0.25, 0.3) is 0 Å². The van der Waals surface area contributed by atoms with Crippen LogP contribution in [-0.4, -0.2) is 18.7 Å². The van der Waals surface area contributed by atoms with E-state index < -0.39 is 6.03 Å². The van der Waals surface area contributed by atoms with Gasteiger partial charge in [0.05, 0.1) is 12.3 Å². The molecule has 0 aliphatic heterocycles. The van der Waals surface area contributed by atoms with E-state index in [-0.39, 0.29) is 6.04 Å². The van der Waals surface area contributed by atoms with Crippen molar-refractivity contribution in [1.29, 1.82) is 0 Å². The standard InChI is InChI=1S/C12H16N2O2/c1-2-16-11-6-4-3-5-10(11)14(12(13)15)9-7-8-9/h3-6,9H,2,7-8H2,1H3,(H2,13,15). The number of urea groups is 1. The molecule has 1 aromatic rings. The van der Waals surface area contributed by atoms with Gasteiger partial charge in [-0.15, -0.1) is 0 Å². The summed E-state index contributed by atoms with van der Waals surface area (Å²) in [7, 11) is 0. The monoisotopic (exact) mass is 220 g/mol. The lowest BCUT2D eigenvalue weighted by Crippen LogP contribution is -2.37. The van der Waals surface area contributed by atoms with E-state index in [0.717, 1.165) is 24.3 Å². The Bertz CT molecular complexity index is 388. The number of carbonyl (C=O) groups excluding carboxylic acids is 1. The number of carbonyl (C=O) groups is 1. The third-order valence-electron chi connectivity index (χ3n) is 2.57. The Morgan fingerprint density at radius 3 is 2.75 bits per heavy atom. The van der Waals surface area contributed by atoms with E-state index in [4.69, 9.17) is 10.5 Å². The van der Waals surface area contributed by atoms with Crippen LogP contribution < -0.4 is 15.4 Å². The van der Waals surface area contributed by atoms with Crippen molar-refractivity contribution in [2.24, 2.45) is 5.73 Å². The van der Waals surface area contributed by atoms with Crippen molar-refractivity contribution in [2.75, 3.05) is 11.5 Å². The van der Waals surface area contributed by atoms with Crippen molar-refractivity contribution in [3.63, 3.8) is 0 Å². The van der Waals surface area contributed by atoms with Gasteiger partial charge in [0.25, 0.3) is 0 Å². The number of nitrogens with zero attached hydrogens (tertiary/aromatic N) is 1. The molecule has 1 saturated carbocycles. The molecule has 0 bridgehead atoms. The van der Waals surface area contributed by atoms with Gasteiger partial charge in [0.15, 0.2) is 0 Å². The molecule has 0 heterocycles. The predicted molar refractivity (Wildman–Crippen MR) is 62.7 cm³/mol. The molecule has 0 unspecified atom stereocenters. The van der Waals surface area contributed by atoms with E-state index in [1.54, 1.807) is 4.90 Å². The van der Waals surface area contributed by atoms with Gasteiger partial charge in [0, 0.05) is 6.04 Å². The highest BCUT2D eigenvalue weighted by Crippen LogP contribution is 2.36. The van der Waals surface area contributed by atoms with E-state index in [9.17, 15) is 4.79 Å². The number of para-hydroxylation sites is 2. The van der Waals surface area contributed by atoms with Crippen LogP contribution in [-0.2, 0) is 0 Å². The van der Waals surface area contributed by atoms with E-state index in [2.05, 4.69) is 0 Å². The van der Waals surface area contributed by atoms with Gasteiger partial charge >= 0.3 is 6.03 Å². The van der Waals surface area contributed by atoms with Gasteiger partial charge in [-0.3, -0.25) is 4.90 Å². The molecule has 1 aromatic carbocycles. The number of hydrogen-bond acceptors (Lipinski definition) is 2. The maximum atomic E-state index is 11.4. The molecule has 1 aliphatic carbocycles. The first-order valence-electron chi connectivity index (χ1n) is 5.54. The second kappa shape index (κ2) is 4.43. The Labute approximate surface area is 95.0 Å². The molecule has 4 nitrogen and oxygen atoms in total. The first-order valence-corrected chi connectivity index (χ1v) is 5.54. The number of hydrogen-bond donors (Lipinski definition) is 1. The number of benzene rings is 1. The largest absolute Gasteiger partial charge is 0.492 e. The molecule has 2 N–H and O–H groups in total. The third kappa shape index (κ3) is 2.10. The minimum absolute atomic E-state index is 0.249. The molecule has 16 heavy (non-hydrogen) atoms. The molecule has 0 atom stereocenters. The van der Waals surface area contributed by atoms with E-state index in [1.165, 1.54) is 0 Å². The summed E-state index contributed by atoms with van der Waals surface area (Å²) in [6.45, 7) is 2.50. The molecule has 2 amide bonds. The van der Waals surface area contributed by atoms with Gasteiger partial charge in [-0.2, -0.15) is 0 Å². The Hall–Kier alpha value is -1.71. The quantitative estimate of drug-likeness (QED) is 0.845. The van der Waals surface area contributed by atoms with Crippen molar-refractivity contribution in [3.05, 3.63) is 24.3 Å². The summed E-state index contributed by atoms with van der Waals surface area (Å²) in [5.41, 5.74) is 6.18. The first-order chi connectivity index (χ1) is 7.74. The fourth-order valence-corrected chi connectivity index (χ4v) is 1.76. The molecule has 1 fully saturated rings. The molecule has 0 radical (unpaired) electrons. The average molecular weight is 220 g/mol. The van der Waals surface area contributed by atoms with Crippen LogP contribution in [0.5, 0.6) is 5.75 Å². The van der Waals surface area contributed by atoms with Crippen LogP contribution in [0, 0.1) is 0 Å². The molecule has 0 aromatic heterocycles. The molecule has 4 heteroatoms. The highest BCUT2D eigenvalue weighted by atomic mass is 16.5. The number of ether oxygens (including phenoxy) is 1. The van der Waals surface area contributed by atoms with Crippen molar-refractivity contribution in [2.45, 2.75) is 25.8 Å². The van der Waals surface area contributed by atoms with Crippen LogP contribution in [0.1, 0.15) is 19.8 Å². The molecular weight excluding hydrogens is 204 g/mol. The number of amides is 2. The van der Waals surface area contributed by atoms with Gasteiger partial charge in [-0.25, -0.2) is 4.79 Å². The summed E-state index contributed by atoms with van der Waals surface area (Å²) in [6, 6.07) is 7.34. The number of primary amides is 1. The average Bonchev–Trinajstić information content (AvgIpc) is 3.05. The van der Waals surface area contributed by atoms with E-state index in [1.807, 2.05) is 31.2 Å². The Morgan fingerprint density at radius 2 is 2.19 bits per heavy atom. The number of nitrogens with two attached hydrogens (primary N) is 1. The lowest BCUT2D eigenvalue weighted by Gasteiger charge is -2.22. The van der Waals surface area contributed by atoms with Crippen molar-refractivity contribution in [3.8, 4) is 5.75 Å². The van der Waals surface area contributed by atoms with Gasteiger partial charge in [0.1, 0.15) is 5.75 Å². The smallest absolute Gasteiger partial charge is 0.319 e.